The van der Waals surface area contributed by atoms with Crippen LogP contribution in [-0.4, -0.2) is 35.0 Å². The molecule has 0 radical (unpaired) electrons. The molecule has 0 saturated heterocycles. The Morgan fingerprint density at radius 3 is 2.72 bits per heavy atom. The summed E-state index contributed by atoms with van der Waals surface area (Å²) < 4.78 is 12.8. The van der Waals surface area contributed by atoms with E-state index in [0.29, 0.717) is 23.0 Å². The summed E-state index contributed by atoms with van der Waals surface area (Å²) >= 11 is 0. The molecule has 2 aromatic carbocycles. The summed E-state index contributed by atoms with van der Waals surface area (Å²) in [5, 5.41) is 7.68. The van der Waals surface area contributed by atoms with Gasteiger partial charge in [-0.15, -0.1) is 0 Å². The first-order chi connectivity index (χ1) is 15.6. The quantitative estimate of drug-likeness (QED) is 0.613. The Morgan fingerprint density at radius 2 is 1.94 bits per heavy atom. The van der Waals surface area contributed by atoms with Crippen LogP contribution in [0.15, 0.2) is 42.5 Å². The second-order valence-electron chi connectivity index (χ2n) is 7.90. The summed E-state index contributed by atoms with van der Waals surface area (Å²) in [5.74, 6) is 2.76. The molecule has 1 N–H and O–H groups in total. The molecule has 4 rings (SSSR count). The molecule has 168 valence electrons. The molecule has 32 heavy (non-hydrogen) atoms. The van der Waals surface area contributed by atoms with E-state index in [1.54, 1.807) is 31.3 Å². The van der Waals surface area contributed by atoms with E-state index in [1.807, 2.05) is 41.9 Å². The molecule has 0 bridgehead atoms. The average molecular weight is 436 g/mol. The van der Waals surface area contributed by atoms with Crippen LogP contribution in [0.25, 0.3) is 0 Å². The summed E-state index contributed by atoms with van der Waals surface area (Å²) in [6, 6.07) is 12.8. The van der Waals surface area contributed by atoms with Crippen molar-refractivity contribution < 1.29 is 14.3 Å². The van der Waals surface area contributed by atoms with Gasteiger partial charge in [0, 0.05) is 30.4 Å². The third-order valence-electron chi connectivity index (χ3n) is 5.56. The number of rotatable bonds is 6. The predicted molar refractivity (Wildman–Crippen MR) is 124 cm³/mol. The van der Waals surface area contributed by atoms with Crippen LogP contribution < -0.4 is 19.7 Å². The zero-order valence-electron chi connectivity index (χ0n) is 18.8. The van der Waals surface area contributed by atoms with Crippen molar-refractivity contribution in [1.82, 2.24) is 14.8 Å². The monoisotopic (exact) mass is 435 g/mol. The van der Waals surface area contributed by atoms with Crippen LogP contribution >= 0.6 is 0 Å². The van der Waals surface area contributed by atoms with Crippen molar-refractivity contribution in [3.63, 3.8) is 0 Å². The third kappa shape index (κ3) is 4.85. The van der Waals surface area contributed by atoms with Crippen LogP contribution in [0, 0.1) is 6.92 Å². The van der Waals surface area contributed by atoms with Crippen LogP contribution in [0.4, 0.5) is 16.2 Å². The summed E-state index contributed by atoms with van der Waals surface area (Å²) in [4.78, 5) is 19.7. The van der Waals surface area contributed by atoms with Gasteiger partial charge in [-0.3, -0.25) is 4.90 Å². The van der Waals surface area contributed by atoms with Gasteiger partial charge < -0.3 is 14.8 Å². The maximum absolute atomic E-state index is 13.4. The summed E-state index contributed by atoms with van der Waals surface area (Å²) in [5.41, 5.74) is 2.46. The number of amides is 2. The standard InChI is InChI=1S/C24H29N5O3/c1-17-8-7-9-18(14-17)25-24(30)28(19-11-12-20(31-2)21(15-19)32-3)16-22-26-23-10-5-4-6-13-29(23)27-22/h7-9,11-12,14-15H,4-6,10,13,16H2,1-3H3,(H,25,30). The van der Waals surface area contributed by atoms with E-state index in [-0.39, 0.29) is 12.6 Å². The highest BCUT2D eigenvalue weighted by Gasteiger charge is 2.22. The highest BCUT2D eigenvalue weighted by Crippen LogP contribution is 2.32. The number of fused-ring (bicyclic) bond motifs is 1. The highest BCUT2D eigenvalue weighted by atomic mass is 16.5. The van der Waals surface area contributed by atoms with E-state index in [0.717, 1.165) is 42.9 Å². The van der Waals surface area contributed by atoms with Gasteiger partial charge in [-0.25, -0.2) is 14.5 Å². The van der Waals surface area contributed by atoms with Gasteiger partial charge in [-0.1, -0.05) is 18.6 Å². The number of carbonyl (C=O) groups is 1. The van der Waals surface area contributed by atoms with Crippen molar-refractivity contribution in [2.75, 3.05) is 24.4 Å². The molecular weight excluding hydrogens is 406 g/mol. The molecule has 0 saturated carbocycles. The number of anilines is 2. The van der Waals surface area contributed by atoms with E-state index < -0.39 is 0 Å². The molecule has 3 aromatic rings. The van der Waals surface area contributed by atoms with E-state index in [4.69, 9.17) is 14.5 Å². The van der Waals surface area contributed by atoms with Gasteiger partial charge in [0.2, 0.25) is 0 Å². The molecular formula is C24H29N5O3. The van der Waals surface area contributed by atoms with Gasteiger partial charge in [0.25, 0.3) is 0 Å². The highest BCUT2D eigenvalue weighted by molar-refractivity contribution is 6.01. The van der Waals surface area contributed by atoms with Gasteiger partial charge in [-0.05, 0) is 49.6 Å². The minimum atomic E-state index is -0.271. The molecule has 2 amide bonds. The Hall–Kier alpha value is -3.55. The number of nitrogens with zero attached hydrogens (tertiary/aromatic N) is 4. The van der Waals surface area contributed by atoms with Crippen molar-refractivity contribution in [1.29, 1.82) is 0 Å². The minimum Gasteiger partial charge on any atom is -0.493 e. The average Bonchev–Trinajstić information content (AvgIpc) is 3.05. The Balaban J connectivity index is 1.65. The lowest BCUT2D eigenvalue weighted by molar-refractivity contribution is 0.256. The van der Waals surface area contributed by atoms with Crippen molar-refractivity contribution in [3.05, 3.63) is 59.7 Å². The van der Waals surface area contributed by atoms with Gasteiger partial charge in [0.15, 0.2) is 17.3 Å². The molecule has 2 heterocycles. The summed E-state index contributed by atoms with van der Waals surface area (Å²) in [6.07, 6.45) is 4.32. The molecule has 0 unspecified atom stereocenters. The molecule has 0 fully saturated rings. The SMILES string of the molecule is COc1ccc(N(Cc2nc3n(n2)CCCCC3)C(=O)Nc2cccc(C)c2)cc1OC. The fourth-order valence-electron chi connectivity index (χ4n) is 3.91. The number of aromatic nitrogens is 3. The fourth-order valence-corrected chi connectivity index (χ4v) is 3.91. The number of nitrogens with one attached hydrogen (secondary N) is 1. The van der Waals surface area contributed by atoms with Crippen LogP contribution in [0.3, 0.4) is 0 Å². The molecule has 1 aliphatic heterocycles. The van der Waals surface area contributed by atoms with E-state index in [1.165, 1.54) is 6.42 Å². The molecule has 8 nitrogen and oxygen atoms in total. The van der Waals surface area contributed by atoms with Crippen molar-refractivity contribution in [2.45, 2.75) is 45.7 Å². The smallest absolute Gasteiger partial charge is 0.326 e. The van der Waals surface area contributed by atoms with Gasteiger partial charge in [0.05, 0.1) is 20.8 Å². The number of hydrogen-bond donors (Lipinski definition) is 1. The largest absolute Gasteiger partial charge is 0.493 e. The van der Waals surface area contributed by atoms with Gasteiger partial charge in [0.1, 0.15) is 5.82 Å². The van der Waals surface area contributed by atoms with E-state index in [2.05, 4.69) is 10.4 Å². The third-order valence-corrected chi connectivity index (χ3v) is 5.56. The first-order valence-corrected chi connectivity index (χ1v) is 10.9. The van der Waals surface area contributed by atoms with Crippen molar-refractivity contribution in [2.24, 2.45) is 0 Å². The van der Waals surface area contributed by atoms with Gasteiger partial charge >= 0.3 is 6.03 Å². The number of benzene rings is 2. The molecule has 0 spiro atoms. The predicted octanol–water partition coefficient (Wildman–Crippen LogP) is 4.57. The second kappa shape index (κ2) is 9.72. The lowest BCUT2D eigenvalue weighted by atomic mass is 10.2. The Bertz CT molecular complexity index is 1070. The van der Waals surface area contributed by atoms with Crippen molar-refractivity contribution >= 4 is 17.4 Å². The lowest BCUT2D eigenvalue weighted by Crippen LogP contribution is -2.35. The summed E-state index contributed by atoms with van der Waals surface area (Å²) in [7, 11) is 3.16. The molecule has 8 heteroatoms. The first kappa shape index (κ1) is 21.7. The number of methoxy groups -OCH3 is 2. The second-order valence-corrected chi connectivity index (χ2v) is 7.90. The van der Waals surface area contributed by atoms with Crippen LogP contribution in [-0.2, 0) is 19.5 Å². The molecule has 0 atom stereocenters. The number of ether oxygens (including phenoxy) is 2. The van der Waals surface area contributed by atoms with E-state index in [9.17, 15) is 4.79 Å². The zero-order valence-corrected chi connectivity index (χ0v) is 18.8. The zero-order chi connectivity index (χ0) is 22.5. The maximum atomic E-state index is 13.4. The number of hydrogen-bond acceptors (Lipinski definition) is 5. The normalized spacial score (nSPS) is 13.1. The Labute approximate surface area is 188 Å². The lowest BCUT2D eigenvalue weighted by Gasteiger charge is -2.23. The van der Waals surface area contributed by atoms with E-state index >= 15 is 0 Å². The molecule has 1 aromatic heterocycles. The van der Waals surface area contributed by atoms with Crippen LogP contribution in [0.5, 0.6) is 11.5 Å². The Morgan fingerprint density at radius 1 is 1.09 bits per heavy atom. The van der Waals surface area contributed by atoms with Crippen LogP contribution in [0.2, 0.25) is 0 Å². The molecule has 1 aliphatic rings. The summed E-state index contributed by atoms with van der Waals surface area (Å²) in [6.45, 7) is 3.10. The number of urea groups is 1. The van der Waals surface area contributed by atoms with Gasteiger partial charge in [-0.2, -0.15) is 5.10 Å². The first-order valence-electron chi connectivity index (χ1n) is 10.9. The topological polar surface area (TPSA) is 81.5 Å². The van der Waals surface area contributed by atoms with Crippen molar-refractivity contribution in [3.8, 4) is 11.5 Å². The minimum absolute atomic E-state index is 0.243. The number of carbonyl (C=O) groups excluding carboxylic acids is 1. The maximum Gasteiger partial charge on any atom is 0.326 e. The van der Waals surface area contributed by atoms with Crippen LogP contribution in [0.1, 0.15) is 36.5 Å². The Kier molecular flexibility index (Phi) is 6.58. The fraction of sp³-hybridized carbons (Fsp3) is 0.375. The number of aryl methyl sites for hydroxylation is 3. The molecule has 0 aliphatic carbocycles.